The zero-order valence-corrected chi connectivity index (χ0v) is 9.88. The molecule has 0 spiro atoms. The minimum atomic E-state index is -0.571. The number of rotatable bonds is 1. The van der Waals surface area contributed by atoms with Crippen LogP contribution in [-0.2, 0) is 5.60 Å². The van der Waals surface area contributed by atoms with Crippen LogP contribution in [-0.4, -0.2) is 5.11 Å². The van der Waals surface area contributed by atoms with E-state index in [-0.39, 0.29) is 0 Å². The second-order valence-corrected chi connectivity index (χ2v) is 5.02. The van der Waals surface area contributed by atoms with Crippen LogP contribution in [0.15, 0.2) is 18.2 Å². The van der Waals surface area contributed by atoms with Crippen molar-refractivity contribution in [2.75, 3.05) is 0 Å². The van der Waals surface area contributed by atoms with Gasteiger partial charge >= 0.3 is 0 Å². The van der Waals surface area contributed by atoms with Crippen molar-refractivity contribution in [1.82, 2.24) is 0 Å². The van der Waals surface area contributed by atoms with Crippen molar-refractivity contribution in [2.45, 2.75) is 45.6 Å². The molecule has 1 aromatic carbocycles. The molecule has 15 heavy (non-hydrogen) atoms. The molecule has 2 unspecified atom stereocenters. The summed E-state index contributed by atoms with van der Waals surface area (Å²) in [4.78, 5) is 0. The SMILES string of the molecule is Cc1ccc(C2(O)CCCC2C)cc1C. The summed E-state index contributed by atoms with van der Waals surface area (Å²) < 4.78 is 0. The molecule has 0 aromatic heterocycles. The maximum atomic E-state index is 10.6. The normalized spacial score (nSPS) is 30.8. The monoisotopic (exact) mass is 204 g/mol. The van der Waals surface area contributed by atoms with Crippen LogP contribution in [0.2, 0.25) is 0 Å². The zero-order valence-electron chi connectivity index (χ0n) is 9.88. The molecule has 0 heterocycles. The van der Waals surface area contributed by atoms with Gasteiger partial charge in [-0.3, -0.25) is 0 Å². The number of aryl methyl sites for hydroxylation is 2. The number of benzene rings is 1. The summed E-state index contributed by atoms with van der Waals surface area (Å²) in [5, 5.41) is 10.6. The predicted octanol–water partition coefficient (Wildman–Crippen LogP) is 3.31. The van der Waals surface area contributed by atoms with Crippen LogP contribution >= 0.6 is 0 Å². The van der Waals surface area contributed by atoms with E-state index in [0.717, 1.165) is 24.8 Å². The van der Waals surface area contributed by atoms with Gasteiger partial charge < -0.3 is 5.11 Å². The zero-order chi connectivity index (χ0) is 11.1. The highest BCUT2D eigenvalue weighted by atomic mass is 16.3. The molecule has 2 rings (SSSR count). The molecule has 82 valence electrons. The summed E-state index contributed by atoms with van der Waals surface area (Å²) >= 11 is 0. The largest absolute Gasteiger partial charge is 0.385 e. The first kappa shape index (κ1) is 10.7. The standard InChI is InChI=1S/C14H20O/c1-10-6-7-13(9-11(10)2)14(15)8-4-5-12(14)3/h6-7,9,12,15H,4-5,8H2,1-3H3. The van der Waals surface area contributed by atoms with Gasteiger partial charge in [-0.25, -0.2) is 0 Å². The maximum absolute atomic E-state index is 10.6. The fourth-order valence-electron chi connectivity index (χ4n) is 2.60. The lowest BCUT2D eigenvalue weighted by atomic mass is 9.84. The first-order chi connectivity index (χ1) is 7.04. The van der Waals surface area contributed by atoms with Gasteiger partial charge in [0, 0.05) is 0 Å². The van der Waals surface area contributed by atoms with E-state index < -0.39 is 5.60 Å². The fraction of sp³-hybridized carbons (Fsp3) is 0.571. The molecule has 1 fully saturated rings. The third-order valence-corrected chi connectivity index (χ3v) is 4.02. The minimum Gasteiger partial charge on any atom is -0.385 e. The van der Waals surface area contributed by atoms with Gasteiger partial charge in [0.15, 0.2) is 0 Å². The van der Waals surface area contributed by atoms with Crippen molar-refractivity contribution < 1.29 is 5.11 Å². The van der Waals surface area contributed by atoms with Crippen LogP contribution in [0.25, 0.3) is 0 Å². The Morgan fingerprint density at radius 1 is 1.27 bits per heavy atom. The Balaban J connectivity index is 2.40. The van der Waals surface area contributed by atoms with E-state index in [2.05, 4.69) is 39.0 Å². The van der Waals surface area contributed by atoms with Crippen LogP contribution in [0, 0.1) is 19.8 Å². The quantitative estimate of drug-likeness (QED) is 0.744. The van der Waals surface area contributed by atoms with Crippen molar-refractivity contribution in [3.63, 3.8) is 0 Å². The van der Waals surface area contributed by atoms with E-state index in [0.29, 0.717) is 5.92 Å². The van der Waals surface area contributed by atoms with E-state index in [1.54, 1.807) is 0 Å². The second kappa shape index (κ2) is 3.64. The minimum absolute atomic E-state index is 0.389. The van der Waals surface area contributed by atoms with E-state index in [4.69, 9.17) is 0 Å². The first-order valence-electron chi connectivity index (χ1n) is 5.84. The molecule has 0 amide bonds. The summed E-state index contributed by atoms with van der Waals surface area (Å²) in [6.45, 7) is 6.38. The molecule has 0 bridgehead atoms. The van der Waals surface area contributed by atoms with Crippen molar-refractivity contribution in [3.8, 4) is 0 Å². The number of aliphatic hydroxyl groups is 1. The third-order valence-electron chi connectivity index (χ3n) is 4.02. The Morgan fingerprint density at radius 2 is 2.00 bits per heavy atom. The molecule has 0 saturated heterocycles. The van der Waals surface area contributed by atoms with Crippen LogP contribution in [0.3, 0.4) is 0 Å². The summed E-state index contributed by atoms with van der Waals surface area (Å²) in [6, 6.07) is 6.36. The number of hydrogen-bond acceptors (Lipinski definition) is 1. The molecule has 2 atom stereocenters. The van der Waals surface area contributed by atoms with Crippen molar-refractivity contribution in [2.24, 2.45) is 5.92 Å². The maximum Gasteiger partial charge on any atom is 0.0922 e. The van der Waals surface area contributed by atoms with Gasteiger partial charge in [-0.2, -0.15) is 0 Å². The molecular weight excluding hydrogens is 184 g/mol. The van der Waals surface area contributed by atoms with Crippen LogP contribution in [0.4, 0.5) is 0 Å². The smallest absolute Gasteiger partial charge is 0.0922 e. The van der Waals surface area contributed by atoms with Gasteiger partial charge in [-0.15, -0.1) is 0 Å². The van der Waals surface area contributed by atoms with Gasteiger partial charge in [-0.05, 0) is 55.7 Å². The molecule has 0 aliphatic heterocycles. The topological polar surface area (TPSA) is 20.2 Å². The highest BCUT2D eigenvalue weighted by molar-refractivity contribution is 5.34. The molecule has 1 saturated carbocycles. The average molecular weight is 204 g/mol. The molecule has 1 nitrogen and oxygen atoms in total. The Morgan fingerprint density at radius 3 is 2.53 bits per heavy atom. The van der Waals surface area contributed by atoms with Gasteiger partial charge in [0.25, 0.3) is 0 Å². The van der Waals surface area contributed by atoms with Gasteiger partial charge in [-0.1, -0.05) is 25.1 Å². The summed E-state index contributed by atoms with van der Waals surface area (Å²) in [5.41, 5.74) is 3.11. The summed E-state index contributed by atoms with van der Waals surface area (Å²) in [6.07, 6.45) is 3.20. The van der Waals surface area contributed by atoms with E-state index in [1.807, 2.05) is 0 Å². The fourth-order valence-corrected chi connectivity index (χ4v) is 2.60. The lowest BCUT2D eigenvalue weighted by Gasteiger charge is -2.28. The van der Waals surface area contributed by atoms with E-state index in [9.17, 15) is 5.11 Å². The lowest BCUT2D eigenvalue weighted by molar-refractivity contribution is 0.00443. The third kappa shape index (κ3) is 1.69. The van der Waals surface area contributed by atoms with Crippen LogP contribution < -0.4 is 0 Å². The van der Waals surface area contributed by atoms with Crippen LogP contribution in [0.5, 0.6) is 0 Å². The molecular formula is C14H20O. The van der Waals surface area contributed by atoms with Crippen molar-refractivity contribution in [3.05, 3.63) is 34.9 Å². The highest BCUT2D eigenvalue weighted by Gasteiger charge is 2.39. The Bertz CT molecular complexity index is 370. The summed E-state index contributed by atoms with van der Waals surface area (Å²) in [5.74, 6) is 0.389. The van der Waals surface area contributed by atoms with Gasteiger partial charge in [0.05, 0.1) is 5.60 Å². The molecule has 1 aromatic rings. The Hall–Kier alpha value is -0.820. The van der Waals surface area contributed by atoms with Gasteiger partial charge in [0.2, 0.25) is 0 Å². The molecule has 1 heteroatoms. The molecule has 1 N–H and O–H groups in total. The second-order valence-electron chi connectivity index (χ2n) is 5.02. The van der Waals surface area contributed by atoms with E-state index in [1.165, 1.54) is 11.1 Å². The Kier molecular flexibility index (Phi) is 2.59. The predicted molar refractivity (Wildman–Crippen MR) is 62.8 cm³/mol. The Labute approximate surface area is 92.1 Å². The molecule has 0 radical (unpaired) electrons. The first-order valence-corrected chi connectivity index (χ1v) is 5.84. The van der Waals surface area contributed by atoms with Crippen LogP contribution in [0.1, 0.15) is 42.9 Å². The van der Waals surface area contributed by atoms with Gasteiger partial charge in [0.1, 0.15) is 0 Å². The average Bonchev–Trinajstić information content (AvgIpc) is 2.53. The number of hydrogen-bond donors (Lipinski definition) is 1. The van der Waals surface area contributed by atoms with Crippen molar-refractivity contribution in [1.29, 1.82) is 0 Å². The molecule has 1 aliphatic carbocycles. The summed E-state index contributed by atoms with van der Waals surface area (Å²) in [7, 11) is 0. The lowest BCUT2D eigenvalue weighted by Crippen LogP contribution is -2.28. The van der Waals surface area contributed by atoms with E-state index >= 15 is 0 Å². The van der Waals surface area contributed by atoms with Crippen molar-refractivity contribution >= 4 is 0 Å². The highest BCUT2D eigenvalue weighted by Crippen LogP contribution is 2.43. The molecule has 1 aliphatic rings.